The van der Waals surface area contributed by atoms with Crippen LogP contribution in [0.1, 0.15) is 21.5 Å². The molecule has 150 valence electrons. The van der Waals surface area contributed by atoms with E-state index in [4.69, 9.17) is 0 Å². The van der Waals surface area contributed by atoms with Gasteiger partial charge in [-0.25, -0.2) is 8.78 Å². The van der Waals surface area contributed by atoms with Gasteiger partial charge in [-0.2, -0.15) is 5.10 Å². The molecule has 0 aliphatic rings. The summed E-state index contributed by atoms with van der Waals surface area (Å²) in [5.74, 6) is -2.89. The molecule has 1 amide bonds. The van der Waals surface area contributed by atoms with Gasteiger partial charge in [0.2, 0.25) is 0 Å². The number of hydrogen-bond acceptors (Lipinski definition) is 2. The van der Waals surface area contributed by atoms with Crippen molar-refractivity contribution in [2.24, 2.45) is 0 Å². The van der Waals surface area contributed by atoms with E-state index in [1.54, 1.807) is 0 Å². The van der Waals surface area contributed by atoms with Crippen molar-refractivity contribution in [3.63, 3.8) is 0 Å². The lowest BCUT2D eigenvalue weighted by Gasteiger charge is -2.07. The first kappa shape index (κ1) is 19.5. The van der Waals surface area contributed by atoms with Gasteiger partial charge >= 0.3 is 0 Å². The van der Waals surface area contributed by atoms with Crippen molar-refractivity contribution in [2.75, 3.05) is 0 Å². The molecule has 0 spiro atoms. The van der Waals surface area contributed by atoms with Gasteiger partial charge in [0.25, 0.3) is 5.91 Å². The summed E-state index contributed by atoms with van der Waals surface area (Å²) in [5, 5.41) is 7.36. The Morgan fingerprint density at radius 3 is 2.33 bits per heavy atom. The molecule has 4 aromatic rings. The van der Waals surface area contributed by atoms with E-state index in [-0.39, 0.29) is 12.1 Å². The highest BCUT2D eigenvalue weighted by Gasteiger charge is 2.17. The Labute approximate surface area is 172 Å². The summed E-state index contributed by atoms with van der Waals surface area (Å²) in [6, 6.07) is 23.1. The van der Waals surface area contributed by atoms with Gasteiger partial charge in [0.15, 0.2) is 11.6 Å². The molecule has 4 nitrogen and oxygen atoms in total. The Kier molecular flexibility index (Phi) is 5.66. The van der Waals surface area contributed by atoms with Crippen molar-refractivity contribution in [1.29, 1.82) is 0 Å². The van der Waals surface area contributed by atoms with E-state index in [1.165, 1.54) is 12.1 Å². The van der Waals surface area contributed by atoms with Crippen molar-refractivity contribution in [1.82, 2.24) is 15.1 Å². The summed E-state index contributed by atoms with van der Waals surface area (Å²) in [5.41, 5.74) is 3.18. The molecule has 0 aliphatic heterocycles. The Morgan fingerprint density at radius 1 is 0.900 bits per heavy atom. The minimum Gasteiger partial charge on any atom is -0.348 e. The van der Waals surface area contributed by atoms with E-state index in [0.29, 0.717) is 6.54 Å². The van der Waals surface area contributed by atoms with Crippen LogP contribution in [0.3, 0.4) is 0 Å². The van der Waals surface area contributed by atoms with E-state index < -0.39 is 17.5 Å². The number of nitrogens with zero attached hydrogens (tertiary/aromatic N) is 2. The smallest absolute Gasteiger partial charge is 0.254 e. The third-order valence-electron chi connectivity index (χ3n) is 4.71. The molecule has 4 rings (SSSR count). The number of carbonyl (C=O) groups is 1. The van der Waals surface area contributed by atoms with E-state index in [0.717, 1.165) is 28.5 Å². The molecule has 1 aromatic heterocycles. The second-order valence-corrected chi connectivity index (χ2v) is 6.84. The van der Waals surface area contributed by atoms with E-state index in [9.17, 15) is 13.6 Å². The number of benzene rings is 3. The molecule has 0 saturated heterocycles. The summed E-state index contributed by atoms with van der Waals surface area (Å²) in [7, 11) is 0. The summed E-state index contributed by atoms with van der Waals surface area (Å²) in [6.45, 7) is 0.709. The van der Waals surface area contributed by atoms with Crippen molar-refractivity contribution in [3.8, 4) is 11.3 Å². The molecule has 30 heavy (non-hydrogen) atoms. The zero-order valence-electron chi connectivity index (χ0n) is 16.1. The molecule has 1 heterocycles. The van der Waals surface area contributed by atoms with E-state index >= 15 is 0 Å². The van der Waals surface area contributed by atoms with Gasteiger partial charge < -0.3 is 5.32 Å². The molecule has 0 unspecified atom stereocenters. The molecular formula is C24H19F2N3O. The molecule has 0 aliphatic carbocycles. The van der Waals surface area contributed by atoms with Crippen molar-refractivity contribution in [2.45, 2.75) is 13.1 Å². The van der Waals surface area contributed by atoms with Crippen LogP contribution < -0.4 is 5.32 Å². The highest BCUT2D eigenvalue weighted by Crippen LogP contribution is 2.22. The maximum atomic E-state index is 13.9. The summed E-state index contributed by atoms with van der Waals surface area (Å²) >= 11 is 0. The molecule has 6 heteroatoms. The number of hydrogen-bond donors (Lipinski definition) is 1. The highest BCUT2D eigenvalue weighted by atomic mass is 19.2. The third kappa shape index (κ3) is 4.27. The first-order valence-corrected chi connectivity index (χ1v) is 9.49. The van der Waals surface area contributed by atoms with Crippen LogP contribution in [0.25, 0.3) is 11.3 Å². The minimum absolute atomic E-state index is 0.133. The fourth-order valence-corrected chi connectivity index (χ4v) is 3.23. The second-order valence-electron chi connectivity index (χ2n) is 6.84. The molecule has 0 saturated carbocycles. The zero-order chi connectivity index (χ0) is 20.9. The van der Waals surface area contributed by atoms with Gasteiger partial charge in [0.05, 0.1) is 17.8 Å². The molecule has 1 N–H and O–H groups in total. The van der Waals surface area contributed by atoms with E-state index in [2.05, 4.69) is 10.4 Å². The fraction of sp³-hybridized carbons (Fsp3) is 0.0833. The number of nitrogens with one attached hydrogen (secondary N) is 1. The minimum atomic E-state index is -1.15. The van der Waals surface area contributed by atoms with Crippen LogP contribution >= 0.6 is 0 Å². The second kappa shape index (κ2) is 8.69. The van der Waals surface area contributed by atoms with Crippen LogP contribution in [0.4, 0.5) is 8.78 Å². The Morgan fingerprint density at radius 2 is 1.60 bits per heavy atom. The first-order valence-electron chi connectivity index (χ1n) is 9.49. The zero-order valence-corrected chi connectivity index (χ0v) is 16.1. The van der Waals surface area contributed by atoms with Crippen molar-refractivity contribution >= 4 is 5.91 Å². The average molecular weight is 403 g/mol. The standard InChI is InChI=1S/C24H19F2N3O/c25-21-13-7-12-20(22(21)26)24(30)27-14-19-16-29(15-17-8-3-1-4-9-17)28-23(19)18-10-5-2-6-11-18/h1-13,16H,14-15H2,(H,27,30). The van der Waals surface area contributed by atoms with Crippen LogP contribution in [-0.2, 0) is 13.1 Å². The molecular weight excluding hydrogens is 384 g/mol. The number of carbonyl (C=O) groups excluding carboxylic acids is 1. The van der Waals surface area contributed by atoms with Crippen LogP contribution in [0, 0.1) is 11.6 Å². The SMILES string of the molecule is O=C(NCc1cn(Cc2ccccc2)nc1-c1ccccc1)c1cccc(F)c1F. The Bertz CT molecular complexity index is 1160. The van der Waals surface area contributed by atoms with E-state index in [1.807, 2.05) is 71.5 Å². The Balaban J connectivity index is 1.59. The van der Waals surface area contributed by atoms with Gasteiger partial charge in [-0.1, -0.05) is 66.7 Å². The average Bonchev–Trinajstić information content (AvgIpc) is 3.18. The molecule has 0 fully saturated rings. The third-order valence-corrected chi connectivity index (χ3v) is 4.71. The maximum Gasteiger partial charge on any atom is 0.254 e. The maximum absolute atomic E-state index is 13.9. The number of rotatable bonds is 6. The number of halogens is 2. The largest absolute Gasteiger partial charge is 0.348 e. The van der Waals surface area contributed by atoms with Crippen LogP contribution in [0.15, 0.2) is 85.1 Å². The predicted octanol–water partition coefficient (Wildman–Crippen LogP) is 4.81. The normalized spacial score (nSPS) is 10.7. The van der Waals surface area contributed by atoms with Gasteiger partial charge in [0.1, 0.15) is 0 Å². The van der Waals surface area contributed by atoms with Crippen molar-refractivity contribution in [3.05, 3.63) is 113 Å². The molecule has 0 bridgehead atoms. The summed E-state index contributed by atoms with van der Waals surface area (Å²) in [4.78, 5) is 12.4. The van der Waals surface area contributed by atoms with Crippen molar-refractivity contribution < 1.29 is 13.6 Å². The molecule has 0 atom stereocenters. The fourth-order valence-electron chi connectivity index (χ4n) is 3.23. The van der Waals surface area contributed by atoms with Crippen LogP contribution in [0.2, 0.25) is 0 Å². The predicted molar refractivity (Wildman–Crippen MR) is 111 cm³/mol. The van der Waals surface area contributed by atoms with Gasteiger partial charge in [0, 0.05) is 23.9 Å². The number of amides is 1. The Hall–Kier alpha value is -3.80. The van der Waals surface area contributed by atoms with Gasteiger partial charge in [-0.15, -0.1) is 0 Å². The summed E-state index contributed by atoms with van der Waals surface area (Å²) in [6.07, 6.45) is 1.86. The quantitative estimate of drug-likeness (QED) is 0.502. The highest BCUT2D eigenvalue weighted by molar-refractivity contribution is 5.94. The van der Waals surface area contributed by atoms with Crippen LogP contribution in [0.5, 0.6) is 0 Å². The van der Waals surface area contributed by atoms with Crippen LogP contribution in [-0.4, -0.2) is 15.7 Å². The molecule has 0 radical (unpaired) electrons. The first-order chi connectivity index (χ1) is 14.6. The topological polar surface area (TPSA) is 46.9 Å². The number of aromatic nitrogens is 2. The lowest BCUT2D eigenvalue weighted by atomic mass is 10.1. The lowest BCUT2D eigenvalue weighted by molar-refractivity contribution is 0.0946. The lowest BCUT2D eigenvalue weighted by Crippen LogP contribution is -2.24. The summed E-state index contributed by atoms with van der Waals surface area (Å²) < 4.78 is 29.2. The van der Waals surface area contributed by atoms with Gasteiger partial charge in [-0.05, 0) is 17.7 Å². The monoisotopic (exact) mass is 403 g/mol. The molecule has 3 aromatic carbocycles. The van der Waals surface area contributed by atoms with Gasteiger partial charge in [-0.3, -0.25) is 9.48 Å².